The van der Waals surface area contributed by atoms with Crippen LogP contribution in [0.2, 0.25) is 0 Å². The Balaban J connectivity index is 1.52. The summed E-state index contributed by atoms with van der Waals surface area (Å²) >= 11 is 0. The average molecular weight is 230 g/mol. The van der Waals surface area contributed by atoms with Crippen molar-refractivity contribution in [1.82, 2.24) is 0 Å². The molecular weight excluding hydrogens is 212 g/mol. The Hall–Kier alpha value is -0.240. The second kappa shape index (κ2) is 3.63. The van der Waals surface area contributed by atoms with Gasteiger partial charge >= 0.3 is 0 Å². The number of nitrogens with zero attached hydrogens (tertiary/aromatic N) is 2. The van der Waals surface area contributed by atoms with E-state index in [-0.39, 0.29) is 21.5 Å². The Morgan fingerprint density at radius 3 is 1.38 bits per heavy atom. The molecule has 6 heteroatoms. The summed E-state index contributed by atoms with van der Waals surface area (Å²) < 4.78 is 9.69. The van der Waals surface area contributed by atoms with Gasteiger partial charge in [-0.3, -0.25) is 0 Å². The highest BCUT2D eigenvalue weighted by Gasteiger charge is 2.40. The van der Waals surface area contributed by atoms with Gasteiger partial charge in [0.1, 0.15) is 51.5 Å². The summed E-state index contributed by atoms with van der Waals surface area (Å²) in [6.07, 6.45) is 0.298. The van der Waals surface area contributed by atoms with E-state index in [1.165, 1.54) is 0 Å². The van der Waals surface area contributed by atoms with E-state index in [2.05, 4.69) is 0 Å². The van der Waals surface area contributed by atoms with Crippen LogP contribution in [-0.4, -0.2) is 74.0 Å². The SMILES string of the molecule is [O-][N+]1(CC2CO2)CC[N+]([O-])(CC2CO2)CC1. The van der Waals surface area contributed by atoms with Gasteiger partial charge in [-0.05, 0) is 0 Å². The first-order valence-corrected chi connectivity index (χ1v) is 5.94. The fourth-order valence-electron chi connectivity index (χ4n) is 2.41. The molecular formula is C10H18N2O4. The molecule has 0 amide bonds. The Labute approximate surface area is 94.7 Å². The van der Waals surface area contributed by atoms with Gasteiger partial charge in [0.2, 0.25) is 0 Å². The summed E-state index contributed by atoms with van der Waals surface area (Å²) in [5, 5.41) is 24.5. The van der Waals surface area contributed by atoms with Crippen LogP contribution >= 0.6 is 0 Å². The fourth-order valence-corrected chi connectivity index (χ4v) is 2.41. The molecule has 3 rings (SSSR count). The number of ether oxygens (including phenoxy) is 2. The van der Waals surface area contributed by atoms with E-state index < -0.39 is 0 Å². The zero-order valence-corrected chi connectivity index (χ0v) is 9.34. The van der Waals surface area contributed by atoms with Crippen LogP contribution in [0.25, 0.3) is 0 Å². The van der Waals surface area contributed by atoms with Crippen LogP contribution in [-0.2, 0) is 9.47 Å². The first-order valence-electron chi connectivity index (χ1n) is 5.94. The van der Waals surface area contributed by atoms with Gasteiger partial charge < -0.3 is 29.2 Å². The van der Waals surface area contributed by atoms with Gasteiger partial charge in [-0.2, -0.15) is 0 Å². The van der Waals surface area contributed by atoms with E-state index in [0.29, 0.717) is 39.3 Å². The van der Waals surface area contributed by atoms with E-state index >= 15 is 0 Å². The van der Waals surface area contributed by atoms with Crippen molar-refractivity contribution in [1.29, 1.82) is 0 Å². The molecule has 3 fully saturated rings. The van der Waals surface area contributed by atoms with Gasteiger partial charge in [-0.15, -0.1) is 0 Å². The molecule has 0 aromatic carbocycles. The van der Waals surface area contributed by atoms with Gasteiger partial charge in [-0.25, -0.2) is 0 Å². The Morgan fingerprint density at radius 1 is 0.812 bits per heavy atom. The maximum Gasteiger partial charge on any atom is 0.130 e. The number of epoxide rings is 2. The monoisotopic (exact) mass is 230 g/mol. The smallest absolute Gasteiger partial charge is 0.130 e. The fraction of sp³-hybridized carbons (Fsp3) is 1.00. The van der Waals surface area contributed by atoms with Gasteiger partial charge in [0, 0.05) is 0 Å². The molecule has 3 aliphatic heterocycles. The summed E-state index contributed by atoms with van der Waals surface area (Å²) in [6.45, 7) is 4.20. The first-order chi connectivity index (χ1) is 7.57. The summed E-state index contributed by atoms with van der Waals surface area (Å²) in [6, 6.07) is 0. The van der Waals surface area contributed by atoms with Crippen molar-refractivity contribution in [3.8, 4) is 0 Å². The first kappa shape index (κ1) is 10.9. The molecule has 3 heterocycles. The lowest BCUT2D eigenvalue weighted by Crippen LogP contribution is -2.64. The molecule has 0 aliphatic carbocycles. The standard InChI is InChI=1S/C10H18N2O4/c13-11(5-9-7-15-9)1-2-12(14,4-3-11)6-10-8-16-10/h9-10H,1-8H2. The van der Waals surface area contributed by atoms with Crippen molar-refractivity contribution in [2.24, 2.45) is 0 Å². The molecule has 0 saturated carbocycles. The van der Waals surface area contributed by atoms with Crippen LogP contribution in [0, 0.1) is 10.4 Å². The predicted octanol–water partition coefficient (Wildman–Crippen LogP) is -0.573. The minimum absolute atomic E-state index is 0.149. The third kappa shape index (κ3) is 2.53. The molecule has 3 aliphatic rings. The molecule has 0 N–H and O–H groups in total. The Bertz CT molecular complexity index is 242. The highest BCUT2D eigenvalue weighted by Crippen LogP contribution is 2.24. The second-order valence-corrected chi connectivity index (χ2v) is 5.29. The van der Waals surface area contributed by atoms with Gasteiger partial charge in [0.05, 0.1) is 13.2 Å². The van der Waals surface area contributed by atoms with E-state index in [1.807, 2.05) is 0 Å². The highest BCUT2D eigenvalue weighted by molar-refractivity contribution is 4.73. The van der Waals surface area contributed by atoms with Crippen LogP contribution in [0.5, 0.6) is 0 Å². The van der Waals surface area contributed by atoms with Crippen molar-refractivity contribution < 1.29 is 18.8 Å². The Morgan fingerprint density at radius 2 is 1.12 bits per heavy atom. The molecule has 92 valence electrons. The van der Waals surface area contributed by atoms with Gasteiger partial charge in [0.15, 0.2) is 0 Å². The lowest BCUT2D eigenvalue weighted by atomic mass is 10.2. The number of piperazine rings is 1. The molecule has 0 radical (unpaired) electrons. The molecule has 3 saturated heterocycles. The summed E-state index contributed by atoms with van der Waals surface area (Å²) in [4.78, 5) is 0. The molecule has 0 aromatic heterocycles. The van der Waals surface area contributed by atoms with E-state index in [0.717, 1.165) is 13.2 Å². The van der Waals surface area contributed by atoms with Crippen molar-refractivity contribution >= 4 is 0 Å². The lowest BCUT2D eigenvalue weighted by molar-refractivity contribution is -0.989. The van der Waals surface area contributed by atoms with Crippen LogP contribution in [0.15, 0.2) is 0 Å². The van der Waals surface area contributed by atoms with E-state index in [1.54, 1.807) is 0 Å². The Kier molecular flexibility index (Phi) is 2.47. The van der Waals surface area contributed by atoms with Crippen LogP contribution in [0.1, 0.15) is 0 Å². The van der Waals surface area contributed by atoms with Crippen LogP contribution < -0.4 is 0 Å². The summed E-state index contributed by atoms with van der Waals surface area (Å²) in [5.41, 5.74) is 0. The minimum Gasteiger partial charge on any atom is -0.632 e. The molecule has 6 nitrogen and oxygen atoms in total. The van der Waals surface area contributed by atoms with E-state index in [4.69, 9.17) is 9.47 Å². The number of hydrogen-bond acceptors (Lipinski definition) is 4. The quantitative estimate of drug-likeness (QED) is 0.368. The highest BCUT2D eigenvalue weighted by atomic mass is 16.6. The molecule has 2 atom stereocenters. The van der Waals surface area contributed by atoms with Crippen molar-refractivity contribution in [3.05, 3.63) is 10.4 Å². The lowest BCUT2D eigenvalue weighted by Gasteiger charge is -2.54. The molecule has 0 aromatic rings. The molecule has 16 heavy (non-hydrogen) atoms. The van der Waals surface area contributed by atoms with Crippen molar-refractivity contribution in [2.75, 3.05) is 52.5 Å². The topological polar surface area (TPSA) is 71.2 Å². The largest absolute Gasteiger partial charge is 0.632 e. The maximum atomic E-state index is 12.2. The zero-order valence-electron chi connectivity index (χ0n) is 9.34. The second-order valence-electron chi connectivity index (χ2n) is 5.29. The average Bonchev–Trinajstić information content (AvgIpc) is 3.09. The number of hydrogen-bond donors (Lipinski definition) is 0. The number of rotatable bonds is 4. The number of quaternary nitrogens is 2. The van der Waals surface area contributed by atoms with Gasteiger partial charge in [0.25, 0.3) is 0 Å². The normalized spacial score (nSPS) is 51.4. The summed E-state index contributed by atoms with van der Waals surface area (Å²) in [7, 11) is 0. The maximum absolute atomic E-state index is 12.2. The van der Waals surface area contributed by atoms with Crippen molar-refractivity contribution in [3.63, 3.8) is 0 Å². The molecule has 0 spiro atoms. The van der Waals surface area contributed by atoms with Crippen LogP contribution in [0.3, 0.4) is 0 Å². The van der Waals surface area contributed by atoms with Crippen molar-refractivity contribution in [2.45, 2.75) is 12.2 Å². The number of hydroxylamine groups is 6. The third-order valence-corrected chi connectivity index (χ3v) is 3.71. The van der Waals surface area contributed by atoms with Crippen LogP contribution in [0.4, 0.5) is 0 Å². The predicted molar refractivity (Wildman–Crippen MR) is 55.9 cm³/mol. The molecule has 2 unspecified atom stereocenters. The zero-order chi connectivity index (χ0) is 11.2. The van der Waals surface area contributed by atoms with Gasteiger partial charge in [-0.1, -0.05) is 0 Å². The summed E-state index contributed by atoms with van der Waals surface area (Å²) in [5.74, 6) is 0. The molecule has 0 bridgehead atoms. The minimum atomic E-state index is -0.238. The van der Waals surface area contributed by atoms with E-state index in [9.17, 15) is 10.4 Å². The third-order valence-electron chi connectivity index (χ3n) is 3.71.